The lowest BCUT2D eigenvalue weighted by Gasteiger charge is -2.19. The summed E-state index contributed by atoms with van der Waals surface area (Å²) < 4.78 is 6.86. The number of aromatic nitrogens is 2. The van der Waals surface area contributed by atoms with Crippen LogP contribution in [0.3, 0.4) is 0 Å². The largest absolute Gasteiger partial charge is 0.376 e. The van der Waals surface area contributed by atoms with Crippen molar-refractivity contribution in [2.45, 2.75) is 45.4 Å². The van der Waals surface area contributed by atoms with Crippen LogP contribution in [0.1, 0.15) is 37.2 Å². The number of nitrogens with zero attached hydrogens (tertiary/aromatic N) is 3. The van der Waals surface area contributed by atoms with Gasteiger partial charge in [-0.25, -0.2) is 0 Å². The molecule has 0 aromatic carbocycles. The fourth-order valence-electron chi connectivity index (χ4n) is 2.23. The topological polar surface area (TPSA) is 99.3 Å². The summed E-state index contributed by atoms with van der Waals surface area (Å²) in [7, 11) is 0. The first-order valence-corrected chi connectivity index (χ1v) is 6.67. The quantitative estimate of drug-likeness (QED) is 0.644. The number of aryl methyl sites for hydroxylation is 1. The van der Waals surface area contributed by atoms with Gasteiger partial charge in [-0.15, -0.1) is 0 Å². The molecule has 1 aromatic rings. The predicted octanol–water partition coefficient (Wildman–Crippen LogP) is 1.11. The van der Waals surface area contributed by atoms with Gasteiger partial charge < -0.3 is 10.1 Å². The van der Waals surface area contributed by atoms with Crippen molar-refractivity contribution in [3.63, 3.8) is 0 Å². The molecule has 0 unspecified atom stereocenters. The standard InChI is InChI=1S/C12H18N4O4/c1-3-15-7-9(16(18)19)11(14-15)12(17)13-8(2)10-5-4-6-20-10/h7-8,10H,3-6H2,1-2H3,(H,13,17)/t8-,10+/m1/s1. The number of carbonyl (C=O) groups is 1. The van der Waals surface area contributed by atoms with Crippen LogP contribution in [0.25, 0.3) is 0 Å². The monoisotopic (exact) mass is 282 g/mol. The summed E-state index contributed by atoms with van der Waals surface area (Å²) in [6.07, 6.45) is 3.08. The molecule has 0 aliphatic carbocycles. The van der Waals surface area contributed by atoms with E-state index in [4.69, 9.17) is 4.74 Å². The molecule has 20 heavy (non-hydrogen) atoms. The first kappa shape index (κ1) is 14.4. The summed E-state index contributed by atoms with van der Waals surface area (Å²) in [5.41, 5.74) is -0.425. The van der Waals surface area contributed by atoms with E-state index in [0.29, 0.717) is 13.2 Å². The molecule has 2 atom stereocenters. The van der Waals surface area contributed by atoms with E-state index < -0.39 is 10.8 Å². The summed E-state index contributed by atoms with van der Waals surface area (Å²) in [6.45, 7) is 4.79. The Balaban J connectivity index is 2.11. The van der Waals surface area contributed by atoms with Crippen molar-refractivity contribution >= 4 is 11.6 Å². The molecule has 1 aromatic heterocycles. The Morgan fingerprint density at radius 1 is 1.75 bits per heavy atom. The third-order valence-corrected chi connectivity index (χ3v) is 3.36. The van der Waals surface area contributed by atoms with E-state index in [1.165, 1.54) is 10.9 Å². The number of ether oxygens (including phenoxy) is 1. The van der Waals surface area contributed by atoms with Crippen LogP contribution in [0.5, 0.6) is 0 Å². The Bertz CT molecular complexity index is 508. The van der Waals surface area contributed by atoms with Gasteiger partial charge in [-0.1, -0.05) is 0 Å². The smallest absolute Gasteiger partial charge is 0.320 e. The zero-order valence-corrected chi connectivity index (χ0v) is 11.5. The minimum atomic E-state index is -0.592. The fourth-order valence-corrected chi connectivity index (χ4v) is 2.23. The summed E-state index contributed by atoms with van der Waals surface area (Å²) in [5.74, 6) is -0.535. The SMILES string of the molecule is CCn1cc([N+](=O)[O-])c(C(=O)N[C@H](C)[C@@H]2CCCO2)n1. The van der Waals surface area contributed by atoms with E-state index in [0.717, 1.165) is 12.8 Å². The van der Waals surface area contributed by atoms with E-state index in [-0.39, 0.29) is 23.5 Å². The van der Waals surface area contributed by atoms with E-state index >= 15 is 0 Å². The number of hydrogen-bond donors (Lipinski definition) is 1. The molecule has 0 saturated carbocycles. The molecular weight excluding hydrogens is 264 g/mol. The third-order valence-electron chi connectivity index (χ3n) is 3.36. The highest BCUT2D eigenvalue weighted by atomic mass is 16.6. The van der Waals surface area contributed by atoms with Gasteiger partial charge in [-0.05, 0) is 26.7 Å². The van der Waals surface area contributed by atoms with E-state index in [9.17, 15) is 14.9 Å². The van der Waals surface area contributed by atoms with Crippen LogP contribution in [-0.4, -0.2) is 39.4 Å². The van der Waals surface area contributed by atoms with Crippen LogP contribution in [0.15, 0.2) is 6.20 Å². The van der Waals surface area contributed by atoms with Crippen molar-refractivity contribution in [1.82, 2.24) is 15.1 Å². The molecule has 0 bridgehead atoms. The maximum absolute atomic E-state index is 12.1. The van der Waals surface area contributed by atoms with Gasteiger partial charge in [0.1, 0.15) is 6.20 Å². The lowest BCUT2D eigenvalue weighted by molar-refractivity contribution is -0.385. The molecule has 2 heterocycles. The van der Waals surface area contributed by atoms with E-state index in [2.05, 4.69) is 10.4 Å². The lowest BCUT2D eigenvalue weighted by Crippen LogP contribution is -2.41. The normalized spacial score (nSPS) is 19.8. The Labute approximate surface area is 116 Å². The first-order chi connectivity index (χ1) is 9.52. The fraction of sp³-hybridized carbons (Fsp3) is 0.667. The molecule has 2 rings (SSSR count). The zero-order chi connectivity index (χ0) is 14.7. The number of amides is 1. The lowest BCUT2D eigenvalue weighted by atomic mass is 10.1. The molecule has 1 N–H and O–H groups in total. The van der Waals surface area contributed by atoms with Crippen molar-refractivity contribution in [3.8, 4) is 0 Å². The molecule has 1 aliphatic heterocycles. The number of nitro groups is 1. The van der Waals surface area contributed by atoms with Gasteiger partial charge in [0, 0.05) is 13.2 Å². The Hall–Kier alpha value is -1.96. The summed E-state index contributed by atoms with van der Waals surface area (Å²) in [4.78, 5) is 22.5. The highest BCUT2D eigenvalue weighted by Crippen LogP contribution is 2.19. The first-order valence-electron chi connectivity index (χ1n) is 6.67. The predicted molar refractivity (Wildman–Crippen MR) is 70.5 cm³/mol. The van der Waals surface area contributed by atoms with Crippen LogP contribution in [-0.2, 0) is 11.3 Å². The van der Waals surface area contributed by atoms with Crippen molar-refractivity contribution < 1.29 is 14.5 Å². The molecule has 110 valence electrons. The minimum Gasteiger partial charge on any atom is -0.376 e. The maximum Gasteiger partial charge on any atom is 0.320 e. The Kier molecular flexibility index (Phi) is 4.33. The van der Waals surface area contributed by atoms with Crippen molar-refractivity contribution in [2.75, 3.05) is 6.61 Å². The molecule has 1 saturated heterocycles. The van der Waals surface area contributed by atoms with E-state index in [1.807, 2.05) is 6.92 Å². The zero-order valence-electron chi connectivity index (χ0n) is 11.5. The highest BCUT2D eigenvalue weighted by Gasteiger charge is 2.29. The Morgan fingerprint density at radius 3 is 3.05 bits per heavy atom. The second kappa shape index (κ2) is 6.00. The minimum absolute atomic E-state index is 0.0359. The average molecular weight is 282 g/mol. The van der Waals surface area contributed by atoms with Crippen LogP contribution < -0.4 is 5.32 Å². The van der Waals surface area contributed by atoms with Crippen LogP contribution >= 0.6 is 0 Å². The molecular formula is C12H18N4O4. The second-order valence-corrected chi connectivity index (χ2v) is 4.79. The van der Waals surface area contributed by atoms with Gasteiger partial charge in [-0.2, -0.15) is 5.10 Å². The molecule has 8 nitrogen and oxygen atoms in total. The maximum atomic E-state index is 12.1. The number of nitrogens with one attached hydrogen (secondary N) is 1. The van der Waals surface area contributed by atoms with Crippen LogP contribution in [0, 0.1) is 10.1 Å². The number of hydrogen-bond acceptors (Lipinski definition) is 5. The molecule has 1 fully saturated rings. The second-order valence-electron chi connectivity index (χ2n) is 4.79. The molecule has 1 amide bonds. The highest BCUT2D eigenvalue weighted by molar-refractivity contribution is 5.96. The summed E-state index contributed by atoms with van der Waals surface area (Å²) in [5, 5.41) is 17.6. The number of carbonyl (C=O) groups excluding carboxylic acids is 1. The van der Waals surface area contributed by atoms with Gasteiger partial charge >= 0.3 is 5.69 Å². The summed E-state index contributed by atoms with van der Waals surface area (Å²) in [6, 6.07) is -0.198. The van der Waals surface area contributed by atoms with E-state index in [1.54, 1.807) is 6.92 Å². The van der Waals surface area contributed by atoms with Crippen LogP contribution in [0.2, 0.25) is 0 Å². The molecule has 0 spiro atoms. The van der Waals surface area contributed by atoms with Crippen LogP contribution in [0.4, 0.5) is 5.69 Å². The molecule has 0 radical (unpaired) electrons. The van der Waals surface area contributed by atoms with Gasteiger partial charge in [0.25, 0.3) is 5.91 Å². The van der Waals surface area contributed by atoms with Crippen molar-refractivity contribution in [1.29, 1.82) is 0 Å². The van der Waals surface area contributed by atoms with Gasteiger partial charge in [0.15, 0.2) is 0 Å². The van der Waals surface area contributed by atoms with Gasteiger partial charge in [0.05, 0.1) is 17.1 Å². The van der Waals surface area contributed by atoms with Gasteiger partial charge in [0.2, 0.25) is 5.69 Å². The summed E-state index contributed by atoms with van der Waals surface area (Å²) >= 11 is 0. The molecule has 1 aliphatic rings. The third kappa shape index (κ3) is 2.96. The van der Waals surface area contributed by atoms with Gasteiger partial charge in [-0.3, -0.25) is 19.6 Å². The number of rotatable bonds is 5. The van der Waals surface area contributed by atoms with Crippen molar-refractivity contribution in [3.05, 3.63) is 22.0 Å². The molecule has 8 heteroatoms. The van der Waals surface area contributed by atoms with Crippen molar-refractivity contribution in [2.24, 2.45) is 0 Å². The Morgan fingerprint density at radius 2 is 2.50 bits per heavy atom. The average Bonchev–Trinajstić information content (AvgIpc) is 3.07.